The fraction of sp³-hybridized carbons (Fsp3) is 0.500. The third-order valence-electron chi connectivity index (χ3n) is 3.61. The summed E-state index contributed by atoms with van der Waals surface area (Å²) in [5.74, 6) is -0.151. The van der Waals surface area contributed by atoms with Gasteiger partial charge in [0.1, 0.15) is 6.04 Å². The number of alkyl carbamates (subject to hydrolysis) is 1. The lowest BCUT2D eigenvalue weighted by atomic mass is 10.0. The molecular weight excluding hydrogens is 268 g/mol. The van der Waals surface area contributed by atoms with E-state index in [0.29, 0.717) is 6.61 Å². The third kappa shape index (κ3) is 4.77. The first-order chi connectivity index (χ1) is 10.2. The maximum absolute atomic E-state index is 11.5. The minimum absolute atomic E-state index is 0.0177. The number of hydrogen-bond acceptors (Lipinski definition) is 3. The molecule has 1 heterocycles. The van der Waals surface area contributed by atoms with Gasteiger partial charge in [0.15, 0.2) is 0 Å². The highest BCUT2D eigenvalue weighted by Crippen LogP contribution is 2.07. The van der Waals surface area contributed by atoms with Crippen molar-refractivity contribution in [2.24, 2.45) is 0 Å². The van der Waals surface area contributed by atoms with Crippen LogP contribution >= 0.6 is 0 Å². The largest absolute Gasteiger partial charge is 0.450 e. The number of amides is 2. The molecule has 1 aromatic rings. The summed E-state index contributed by atoms with van der Waals surface area (Å²) < 4.78 is 5.07. The van der Waals surface area contributed by atoms with Crippen LogP contribution in [0, 0.1) is 0 Å². The van der Waals surface area contributed by atoms with Crippen molar-refractivity contribution >= 4 is 12.0 Å². The van der Waals surface area contributed by atoms with Gasteiger partial charge in [-0.05, 0) is 38.2 Å². The fourth-order valence-electron chi connectivity index (χ4n) is 2.31. The predicted octanol–water partition coefficient (Wildman–Crippen LogP) is 2.01. The Morgan fingerprint density at radius 2 is 2.00 bits per heavy atom. The van der Waals surface area contributed by atoms with Crippen LogP contribution in [0.3, 0.4) is 0 Å². The molecule has 2 unspecified atom stereocenters. The minimum Gasteiger partial charge on any atom is -0.450 e. The fourth-order valence-corrected chi connectivity index (χ4v) is 2.31. The summed E-state index contributed by atoms with van der Waals surface area (Å²) in [4.78, 5) is 22.6. The lowest BCUT2D eigenvalue weighted by Crippen LogP contribution is -2.67. The Bertz CT molecular complexity index is 476. The molecule has 1 saturated heterocycles. The molecule has 2 atom stereocenters. The van der Waals surface area contributed by atoms with Crippen LogP contribution in [0.5, 0.6) is 0 Å². The minimum atomic E-state index is -0.509. The number of hydrogen-bond donors (Lipinski definition) is 2. The molecule has 1 aromatic carbocycles. The molecule has 1 fully saturated rings. The third-order valence-corrected chi connectivity index (χ3v) is 3.61. The monoisotopic (exact) mass is 290 g/mol. The van der Waals surface area contributed by atoms with Crippen LogP contribution in [0.25, 0.3) is 0 Å². The van der Waals surface area contributed by atoms with E-state index in [2.05, 4.69) is 22.8 Å². The molecule has 1 aliphatic rings. The van der Waals surface area contributed by atoms with E-state index < -0.39 is 12.1 Å². The van der Waals surface area contributed by atoms with Crippen molar-refractivity contribution in [1.29, 1.82) is 0 Å². The number of aryl methyl sites for hydroxylation is 1. The number of unbranched alkanes of at least 4 members (excludes halogenated alkanes) is 2. The first-order valence-electron chi connectivity index (χ1n) is 7.44. The zero-order valence-corrected chi connectivity index (χ0v) is 12.3. The Kier molecular flexibility index (Phi) is 5.60. The van der Waals surface area contributed by atoms with Crippen LogP contribution in [-0.4, -0.2) is 30.7 Å². The normalized spacial score (nSPS) is 20.3. The van der Waals surface area contributed by atoms with Crippen LogP contribution in [0.15, 0.2) is 30.3 Å². The molecule has 5 nitrogen and oxygen atoms in total. The Morgan fingerprint density at radius 1 is 1.24 bits per heavy atom. The lowest BCUT2D eigenvalue weighted by molar-refractivity contribution is -0.131. The standard InChI is InChI=1S/C16H22N2O3/c1-12-14(15(19)17-12)18-16(20)21-11-7-3-6-10-13-8-4-2-5-9-13/h2,4-5,8-9,12,14H,3,6-7,10-11H2,1H3,(H,17,19)(H,18,20). The van der Waals surface area contributed by atoms with Gasteiger partial charge in [0.25, 0.3) is 0 Å². The van der Waals surface area contributed by atoms with E-state index in [1.54, 1.807) is 0 Å². The highest BCUT2D eigenvalue weighted by atomic mass is 16.5. The van der Waals surface area contributed by atoms with Crippen LogP contribution in [0.1, 0.15) is 31.7 Å². The summed E-state index contributed by atoms with van der Waals surface area (Å²) >= 11 is 0. The van der Waals surface area contributed by atoms with E-state index in [9.17, 15) is 9.59 Å². The number of ether oxygens (including phenoxy) is 1. The summed E-state index contributed by atoms with van der Waals surface area (Å²) in [6.45, 7) is 2.24. The molecule has 0 aromatic heterocycles. The molecule has 0 aliphatic carbocycles. The van der Waals surface area contributed by atoms with Crippen LogP contribution in [-0.2, 0) is 16.0 Å². The molecule has 2 rings (SSSR count). The number of carbonyl (C=O) groups excluding carboxylic acids is 2. The van der Waals surface area contributed by atoms with Crippen LogP contribution in [0.4, 0.5) is 4.79 Å². The van der Waals surface area contributed by atoms with Gasteiger partial charge >= 0.3 is 6.09 Å². The Labute approximate surface area is 125 Å². The molecule has 1 aliphatic heterocycles. The van der Waals surface area contributed by atoms with Crippen molar-refractivity contribution in [3.05, 3.63) is 35.9 Å². The highest BCUT2D eigenvalue weighted by Gasteiger charge is 2.37. The van der Waals surface area contributed by atoms with Crippen molar-refractivity contribution < 1.29 is 14.3 Å². The van der Waals surface area contributed by atoms with Crippen LogP contribution < -0.4 is 10.6 Å². The summed E-state index contributed by atoms with van der Waals surface area (Å²) in [6, 6.07) is 9.87. The smallest absolute Gasteiger partial charge is 0.407 e. The van der Waals surface area contributed by atoms with Gasteiger partial charge in [-0.3, -0.25) is 4.79 Å². The molecule has 2 N–H and O–H groups in total. The van der Waals surface area contributed by atoms with Gasteiger partial charge < -0.3 is 15.4 Å². The van der Waals surface area contributed by atoms with Crippen molar-refractivity contribution in [2.75, 3.05) is 6.61 Å². The molecule has 0 spiro atoms. The molecule has 0 bridgehead atoms. The van der Waals surface area contributed by atoms with Gasteiger partial charge in [0.2, 0.25) is 5.91 Å². The second-order valence-electron chi connectivity index (χ2n) is 5.35. The second kappa shape index (κ2) is 7.67. The molecule has 114 valence electrons. The van der Waals surface area contributed by atoms with Gasteiger partial charge in [0, 0.05) is 0 Å². The predicted molar refractivity (Wildman–Crippen MR) is 79.9 cm³/mol. The highest BCUT2D eigenvalue weighted by molar-refractivity contribution is 5.92. The van der Waals surface area contributed by atoms with E-state index in [1.165, 1.54) is 5.56 Å². The number of benzene rings is 1. The zero-order valence-electron chi connectivity index (χ0n) is 12.3. The Balaban J connectivity index is 1.50. The van der Waals surface area contributed by atoms with Gasteiger partial charge in [-0.15, -0.1) is 0 Å². The maximum Gasteiger partial charge on any atom is 0.407 e. The Morgan fingerprint density at radius 3 is 2.67 bits per heavy atom. The molecule has 5 heteroatoms. The second-order valence-corrected chi connectivity index (χ2v) is 5.35. The van der Waals surface area contributed by atoms with E-state index in [0.717, 1.165) is 25.7 Å². The van der Waals surface area contributed by atoms with Gasteiger partial charge in [0.05, 0.1) is 12.6 Å². The van der Waals surface area contributed by atoms with Crippen molar-refractivity contribution in [3.8, 4) is 0 Å². The SMILES string of the molecule is CC1NC(=O)C1NC(=O)OCCCCCc1ccccc1. The van der Waals surface area contributed by atoms with E-state index in [1.807, 2.05) is 25.1 Å². The van der Waals surface area contributed by atoms with Crippen molar-refractivity contribution in [3.63, 3.8) is 0 Å². The van der Waals surface area contributed by atoms with E-state index >= 15 is 0 Å². The van der Waals surface area contributed by atoms with Crippen molar-refractivity contribution in [2.45, 2.75) is 44.7 Å². The molecule has 0 radical (unpaired) electrons. The number of rotatable bonds is 7. The maximum atomic E-state index is 11.5. The zero-order chi connectivity index (χ0) is 15.1. The summed E-state index contributed by atoms with van der Waals surface area (Å²) in [7, 11) is 0. The van der Waals surface area contributed by atoms with E-state index in [-0.39, 0.29) is 11.9 Å². The van der Waals surface area contributed by atoms with Crippen molar-refractivity contribution in [1.82, 2.24) is 10.6 Å². The quantitative estimate of drug-likeness (QED) is 0.596. The molecule has 0 saturated carbocycles. The average molecular weight is 290 g/mol. The average Bonchev–Trinajstić information content (AvgIpc) is 2.49. The van der Waals surface area contributed by atoms with Crippen LogP contribution in [0.2, 0.25) is 0 Å². The summed E-state index contributed by atoms with van der Waals surface area (Å²) in [5, 5.41) is 5.21. The Hall–Kier alpha value is -2.04. The van der Waals surface area contributed by atoms with E-state index in [4.69, 9.17) is 4.74 Å². The van der Waals surface area contributed by atoms with Gasteiger partial charge in [-0.1, -0.05) is 30.3 Å². The topological polar surface area (TPSA) is 67.4 Å². The summed E-state index contributed by atoms with van der Waals surface area (Å²) in [5.41, 5.74) is 1.33. The number of β-lactam (4-membered cyclic amide) rings is 1. The van der Waals surface area contributed by atoms with Gasteiger partial charge in [-0.2, -0.15) is 0 Å². The number of nitrogens with one attached hydrogen (secondary N) is 2. The molecular formula is C16H22N2O3. The molecule has 21 heavy (non-hydrogen) atoms. The van der Waals surface area contributed by atoms with Gasteiger partial charge in [-0.25, -0.2) is 4.79 Å². The first-order valence-corrected chi connectivity index (χ1v) is 7.44. The molecule has 2 amide bonds. The first kappa shape index (κ1) is 15.4. The summed E-state index contributed by atoms with van der Waals surface area (Å²) in [6.07, 6.45) is 3.48. The lowest BCUT2D eigenvalue weighted by Gasteiger charge is -2.33. The number of carbonyl (C=O) groups is 2.